The molecule has 0 unspecified atom stereocenters. The number of aliphatic carboxylic acids is 1. The van der Waals surface area contributed by atoms with E-state index >= 15 is 0 Å². The van der Waals surface area contributed by atoms with Gasteiger partial charge < -0.3 is 14.7 Å². The summed E-state index contributed by atoms with van der Waals surface area (Å²) in [6, 6.07) is 0. The van der Waals surface area contributed by atoms with Gasteiger partial charge >= 0.3 is 5.97 Å². The third-order valence-corrected chi connectivity index (χ3v) is 5.71. The standard InChI is InChI=1S/C16H27NO3/c18-14(19)16(5-3-1-2-4-6-16)13-17-11-15(12-17)7-9-20-10-8-15/h1-13H2,(H,18,19). The molecule has 3 aliphatic rings. The summed E-state index contributed by atoms with van der Waals surface area (Å²) in [4.78, 5) is 14.2. The van der Waals surface area contributed by atoms with Gasteiger partial charge in [-0.2, -0.15) is 0 Å². The smallest absolute Gasteiger partial charge is 0.310 e. The van der Waals surface area contributed by atoms with Gasteiger partial charge in [0.1, 0.15) is 0 Å². The highest BCUT2D eigenvalue weighted by Crippen LogP contribution is 2.43. The van der Waals surface area contributed by atoms with Crippen LogP contribution in [0.4, 0.5) is 0 Å². The van der Waals surface area contributed by atoms with Gasteiger partial charge in [-0.1, -0.05) is 25.7 Å². The first-order valence-electron chi connectivity index (χ1n) is 8.18. The summed E-state index contributed by atoms with van der Waals surface area (Å²) in [5, 5.41) is 9.74. The van der Waals surface area contributed by atoms with Crippen molar-refractivity contribution < 1.29 is 14.6 Å². The Morgan fingerprint density at radius 1 is 1.00 bits per heavy atom. The minimum Gasteiger partial charge on any atom is -0.481 e. The first kappa shape index (κ1) is 14.3. The second-order valence-electron chi connectivity index (χ2n) is 7.26. The fourth-order valence-electron chi connectivity index (χ4n) is 4.41. The van der Waals surface area contributed by atoms with Gasteiger partial charge in [0.15, 0.2) is 0 Å². The molecule has 0 aromatic rings. The predicted molar refractivity (Wildman–Crippen MR) is 76.7 cm³/mol. The van der Waals surface area contributed by atoms with E-state index in [-0.39, 0.29) is 0 Å². The van der Waals surface area contributed by atoms with Crippen LogP contribution in [0.15, 0.2) is 0 Å². The van der Waals surface area contributed by atoms with E-state index in [1.807, 2.05) is 0 Å². The van der Waals surface area contributed by atoms with Crippen molar-refractivity contribution in [1.82, 2.24) is 4.90 Å². The van der Waals surface area contributed by atoms with Crippen LogP contribution in [0.1, 0.15) is 51.4 Å². The highest BCUT2D eigenvalue weighted by atomic mass is 16.5. The maximum Gasteiger partial charge on any atom is 0.310 e. The Morgan fingerprint density at radius 3 is 2.15 bits per heavy atom. The molecular weight excluding hydrogens is 254 g/mol. The fraction of sp³-hybridized carbons (Fsp3) is 0.938. The number of hydrogen-bond donors (Lipinski definition) is 1. The molecule has 2 heterocycles. The van der Waals surface area contributed by atoms with Crippen molar-refractivity contribution >= 4 is 5.97 Å². The highest BCUT2D eigenvalue weighted by molar-refractivity contribution is 5.75. The van der Waals surface area contributed by atoms with E-state index < -0.39 is 11.4 Å². The van der Waals surface area contributed by atoms with Crippen LogP contribution in [0.2, 0.25) is 0 Å². The normalized spacial score (nSPS) is 29.6. The maximum atomic E-state index is 11.8. The molecule has 1 N–H and O–H groups in total. The van der Waals surface area contributed by atoms with E-state index in [4.69, 9.17) is 4.74 Å². The van der Waals surface area contributed by atoms with E-state index in [0.29, 0.717) is 5.41 Å². The van der Waals surface area contributed by atoms with Crippen LogP contribution >= 0.6 is 0 Å². The average Bonchev–Trinajstić information content (AvgIpc) is 2.65. The van der Waals surface area contributed by atoms with Crippen molar-refractivity contribution in [1.29, 1.82) is 0 Å². The summed E-state index contributed by atoms with van der Waals surface area (Å²) in [5.41, 5.74) is -0.0219. The highest BCUT2D eigenvalue weighted by Gasteiger charge is 2.48. The van der Waals surface area contributed by atoms with Crippen LogP contribution in [-0.4, -0.2) is 48.8 Å². The van der Waals surface area contributed by atoms with Crippen LogP contribution in [-0.2, 0) is 9.53 Å². The molecule has 2 aliphatic heterocycles. The third-order valence-electron chi connectivity index (χ3n) is 5.71. The molecule has 0 aromatic carbocycles. The summed E-state index contributed by atoms with van der Waals surface area (Å²) >= 11 is 0. The molecule has 0 atom stereocenters. The van der Waals surface area contributed by atoms with Gasteiger partial charge in [0.05, 0.1) is 5.41 Å². The van der Waals surface area contributed by atoms with Crippen LogP contribution < -0.4 is 0 Å². The van der Waals surface area contributed by atoms with E-state index in [0.717, 1.165) is 71.4 Å². The molecule has 4 heteroatoms. The Balaban J connectivity index is 1.59. The summed E-state index contributed by atoms with van der Waals surface area (Å²) in [7, 11) is 0. The lowest BCUT2D eigenvalue weighted by molar-refractivity contribution is -0.156. The van der Waals surface area contributed by atoms with E-state index in [1.165, 1.54) is 12.8 Å². The molecule has 1 aliphatic carbocycles. The molecule has 114 valence electrons. The molecular formula is C16H27NO3. The molecule has 2 saturated heterocycles. The van der Waals surface area contributed by atoms with Crippen LogP contribution in [0, 0.1) is 10.8 Å². The molecule has 0 radical (unpaired) electrons. The van der Waals surface area contributed by atoms with Crippen molar-refractivity contribution in [2.45, 2.75) is 51.4 Å². The van der Waals surface area contributed by atoms with Crippen molar-refractivity contribution in [3.63, 3.8) is 0 Å². The topological polar surface area (TPSA) is 49.8 Å². The molecule has 3 fully saturated rings. The Kier molecular flexibility index (Phi) is 4.04. The second kappa shape index (κ2) is 5.64. The lowest BCUT2D eigenvalue weighted by atomic mass is 9.71. The van der Waals surface area contributed by atoms with Crippen molar-refractivity contribution in [2.75, 3.05) is 32.8 Å². The quantitative estimate of drug-likeness (QED) is 0.808. The van der Waals surface area contributed by atoms with Crippen LogP contribution in [0.3, 0.4) is 0 Å². The SMILES string of the molecule is O=C(O)C1(CN2CC3(CCOCC3)C2)CCCCCC1. The summed E-state index contributed by atoms with van der Waals surface area (Å²) in [6.07, 6.45) is 8.63. The van der Waals surface area contributed by atoms with Gasteiger partial charge in [-0.15, -0.1) is 0 Å². The largest absolute Gasteiger partial charge is 0.481 e. The summed E-state index contributed by atoms with van der Waals surface area (Å²) < 4.78 is 5.45. The Morgan fingerprint density at radius 2 is 1.60 bits per heavy atom. The molecule has 1 saturated carbocycles. The van der Waals surface area contributed by atoms with Crippen molar-refractivity contribution in [3.8, 4) is 0 Å². The number of carboxylic acid groups (broad SMARTS) is 1. The molecule has 0 bridgehead atoms. The maximum absolute atomic E-state index is 11.8. The lowest BCUT2D eigenvalue weighted by Crippen LogP contribution is -2.61. The van der Waals surface area contributed by atoms with Gasteiger partial charge in [-0.3, -0.25) is 4.79 Å². The number of hydrogen-bond acceptors (Lipinski definition) is 3. The van der Waals surface area contributed by atoms with E-state index in [1.54, 1.807) is 0 Å². The van der Waals surface area contributed by atoms with Crippen LogP contribution in [0.25, 0.3) is 0 Å². The number of likely N-dealkylation sites (tertiary alicyclic amines) is 1. The Hall–Kier alpha value is -0.610. The summed E-state index contributed by atoms with van der Waals surface area (Å²) in [6.45, 7) is 4.72. The molecule has 1 spiro atoms. The van der Waals surface area contributed by atoms with Crippen LogP contribution in [0.5, 0.6) is 0 Å². The molecule has 0 amide bonds. The molecule has 20 heavy (non-hydrogen) atoms. The number of ether oxygens (including phenoxy) is 1. The van der Waals surface area contributed by atoms with Crippen molar-refractivity contribution in [3.05, 3.63) is 0 Å². The van der Waals surface area contributed by atoms with Gasteiger partial charge in [0, 0.05) is 38.3 Å². The number of rotatable bonds is 3. The zero-order valence-electron chi connectivity index (χ0n) is 12.4. The third kappa shape index (κ3) is 2.73. The minimum atomic E-state index is -0.563. The average molecular weight is 281 g/mol. The van der Waals surface area contributed by atoms with Gasteiger partial charge in [0.25, 0.3) is 0 Å². The Labute approximate surface area is 121 Å². The van der Waals surface area contributed by atoms with Crippen molar-refractivity contribution in [2.24, 2.45) is 10.8 Å². The fourth-order valence-corrected chi connectivity index (χ4v) is 4.41. The zero-order valence-corrected chi connectivity index (χ0v) is 12.4. The monoisotopic (exact) mass is 281 g/mol. The number of nitrogens with zero attached hydrogens (tertiary/aromatic N) is 1. The number of carbonyl (C=O) groups is 1. The van der Waals surface area contributed by atoms with E-state index in [2.05, 4.69) is 4.90 Å². The lowest BCUT2D eigenvalue weighted by Gasteiger charge is -2.54. The minimum absolute atomic E-state index is 0.447. The predicted octanol–water partition coefficient (Wildman–Crippen LogP) is 2.52. The van der Waals surface area contributed by atoms with E-state index in [9.17, 15) is 9.90 Å². The number of carboxylic acids is 1. The first-order valence-corrected chi connectivity index (χ1v) is 8.18. The van der Waals surface area contributed by atoms with Gasteiger partial charge in [-0.25, -0.2) is 0 Å². The molecule has 3 rings (SSSR count). The zero-order chi connectivity index (χ0) is 14.1. The molecule has 4 nitrogen and oxygen atoms in total. The van der Waals surface area contributed by atoms with Gasteiger partial charge in [-0.05, 0) is 25.7 Å². The van der Waals surface area contributed by atoms with Gasteiger partial charge in [0.2, 0.25) is 0 Å². The second-order valence-corrected chi connectivity index (χ2v) is 7.26. The summed E-state index contributed by atoms with van der Waals surface area (Å²) in [5.74, 6) is -0.563. The molecule has 0 aromatic heterocycles. The Bertz CT molecular complexity index is 347. The first-order chi connectivity index (χ1) is 9.64.